The average molecular weight is 749 g/mol. The Kier molecular flexibility index (Phi) is 13.9. The van der Waals surface area contributed by atoms with Crippen LogP contribution in [0, 0.1) is 11.8 Å². The number of nitrogens with zero attached hydrogens (tertiary/aromatic N) is 6. The fraction of sp³-hybridized carbons (Fsp3) is 0.600. The van der Waals surface area contributed by atoms with Crippen molar-refractivity contribution in [2.45, 2.75) is 43.5 Å². The van der Waals surface area contributed by atoms with E-state index in [-0.39, 0.29) is 23.6 Å². The van der Waals surface area contributed by atoms with Gasteiger partial charge in [0.2, 0.25) is 0 Å². The maximum Gasteiger partial charge on any atom is 0.490 e. The molecule has 2 aromatic rings. The number of nitrogen functional groups attached to an aromatic ring is 1. The Balaban J connectivity index is 1.76. The number of ether oxygens (including phenoxy) is 3. The second-order valence-corrected chi connectivity index (χ2v) is 17.0. The van der Waals surface area contributed by atoms with Crippen molar-refractivity contribution in [2.75, 3.05) is 38.2 Å². The zero-order chi connectivity index (χ0) is 34.2. The SMILES string of the molecule is CC(C)(CN)SSCOCC#Cc1cn([C@H]2CC(OCN=[N+]=[N-])[C@@H](COP(=O)(O)OP(=O)(O)OP(=O)(O)O)O2)c2ncnc(N)c12. The van der Waals surface area contributed by atoms with Crippen molar-refractivity contribution >= 4 is 61.9 Å². The van der Waals surface area contributed by atoms with Gasteiger partial charge in [0.15, 0.2) is 0 Å². The lowest BCUT2D eigenvalue weighted by Crippen LogP contribution is -2.29. The molecule has 3 rings (SSSR count). The molecule has 5 atom stereocenters. The van der Waals surface area contributed by atoms with E-state index >= 15 is 0 Å². The fourth-order valence-electron chi connectivity index (χ4n) is 3.72. The third kappa shape index (κ3) is 12.0. The molecule has 1 aliphatic rings. The van der Waals surface area contributed by atoms with Gasteiger partial charge in [0.25, 0.3) is 0 Å². The maximum atomic E-state index is 12.3. The molecular weight excluding hydrogens is 717 g/mol. The number of fused-ring (bicyclic) bond motifs is 1. The maximum absolute atomic E-state index is 12.3. The van der Waals surface area contributed by atoms with Gasteiger partial charge in [0, 0.05) is 28.8 Å². The van der Waals surface area contributed by atoms with E-state index in [1.54, 1.807) is 21.6 Å². The van der Waals surface area contributed by atoms with Crippen LogP contribution in [0.25, 0.3) is 21.5 Å². The van der Waals surface area contributed by atoms with Crippen molar-refractivity contribution in [3.05, 3.63) is 28.5 Å². The summed E-state index contributed by atoms with van der Waals surface area (Å²) in [6.45, 7) is 3.40. The summed E-state index contributed by atoms with van der Waals surface area (Å²) in [7, 11) is -13.7. The molecule has 8 N–H and O–H groups in total. The van der Waals surface area contributed by atoms with Gasteiger partial charge in [-0.15, -0.1) is 0 Å². The van der Waals surface area contributed by atoms with Crippen molar-refractivity contribution in [1.29, 1.82) is 0 Å². The minimum absolute atomic E-state index is 0.0447. The van der Waals surface area contributed by atoms with Gasteiger partial charge in [-0.25, -0.2) is 23.7 Å². The molecule has 0 saturated carbocycles. The minimum Gasteiger partial charge on any atom is -0.383 e. The summed E-state index contributed by atoms with van der Waals surface area (Å²) in [5.41, 5.74) is 21.2. The highest BCUT2D eigenvalue weighted by Gasteiger charge is 2.43. The smallest absolute Gasteiger partial charge is 0.383 e. The molecule has 0 spiro atoms. The largest absolute Gasteiger partial charge is 0.490 e. The van der Waals surface area contributed by atoms with Crippen LogP contribution in [0.5, 0.6) is 0 Å². The predicted octanol–water partition coefficient (Wildman–Crippen LogP) is 2.74. The molecule has 0 bridgehead atoms. The third-order valence-electron chi connectivity index (χ3n) is 5.66. The van der Waals surface area contributed by atoms with E-state index < -0.39 is 55.2 Å². The third-order valence-corrected chi connectivity index (χ3v) is 12.5. The van der Waals surface area contributed by atoms with Crippen molar-refractivity contribution < 1.29 is 60.6 Å². The zero-order valence-electron chi connectivity index (χ0n) is 24.1. The zero-order valence-corrected chi connectivity index (χ0v) is 28.4. The summed E-state index contributed by atoms with van der Waals surface area (Å²) < 4.78 is 65.5. The number of hydrogen-bond donors (Lipinski definition) is 6. The molecule has 3 unspecified atom stereocenters. The molecule has 46 heavy (non-hydrogen) atoms. The van der Waals surface area contributed by atoms with Crippen LogP contribution in [0.4, 0.5) is 5.82 Å². The Morgan fingerprint density at radius 1 is 1.24 bits per heavy atom. The molecule has 0 radical (unpaired) electrons. The van der Waals surface area contributed by atoms with E-state index in [9.17, 15) is 23.5 Å². The Morgan fingerprint density at radius 2 is 1.98 bits per heavy atom. The van der Waals surface area contributed by atoms with Gasteiger partial charge in [-0.1, -0.05) is 38.5 Å². The summed E-state index contributed by atoms with van der Waals surface area (Å²) in [6.07, 6.45) is -0.137. The first-order chi connectivity index (χ1) is 21.5. The Bertz CT molecular complexity index is 1630. The lowest BCUT2D eigenvalue weighted by molar-refractivity contribution is -0.0581. The number of hydrogen-bond acceptors (Lipinski definition) is 16. The first-order valence-electron chi connectivity index (χ1n) is 12.7. The van der Waals surface area contributed by atoms with Crippen molar-refractivity contribution in [3.63, 3.8) is 0 Å². The van der Waals surface area contributed by atoms with Gasteiger partial charge in [-0.05, 0) is 19.4 Å². The average Bonchev–Trinajstić information content (AvgIpc) is 3.51. The highest BCUT2D eigenvalue weighted by atomic mass is 33.1. The topological polar surface area (TPSA) is 319 Å². The van der Waals surface area contributed by atoms with Crippen LogP contribution in [-0.2, 0) is 41.1 Å². The number of phosphoric ester groups is 1. The highest BCUT2D eigenvalue weighted by molar-refractivity contribution is 8.77. The molecule has 26 heteroatoms. The fourth-order valence-corrected chi connectivity index (χ4v) is 8.85. The van der Waals surface area contributed by atoms with Gasteiger partial charge in [-0.2, -0.15) is 8.62 Å². The van der Waals surface area contributed by atoms with E-state index in [0.717, 1.165) is 0 Å². The number of aromatic nitrogens is 3. The summed E-state index contributed by atoms with van der Waals surface area (Å²) in [4.78, 5) is 47.6. The molecule has 21 nitrogen and oxygen atoms in total. The predicted molar refractivity (Wildman–Crippen MR) is 165 cm³/mol. The van der Waals surface area contributed by atoms with E-state index in [4.69, 9.17) is 45.5 Å². The minimum atomic E-state index is -5.74. The highest BCUT2D eigenvalue weighted by Crippen LogP contribution is 2.66. The van der Waals surface area contributed by atoms with Gasteiger partial charge in [0.05, 0.1) is 23.7 Å². The number of nitrogens with two attached hydrogens (primary N) is 2. The Labute approximate surface area is 269 Å². The van der Waals surface area contributed by atoms with Crippen molar-refractivity contribution in [1.82, 2.24) is 14.5 Å². The van der Waals surface area contributed by atoms with Gasteiger partial charge in [0.1, 0.15) is 49.4 Å². The first kappa shape index (κ1) is 38.7. The molecule has 2 aromatic heterocycles. The number of azide groups is 1. The Morgan fingerprint density at radius 3 is 2.65 bits per heavy atom. The number of phosphoric acid groups is 3. The molecule has 1 fully saturated rings. The van der Waals surface area contributed by atoms with Crippen molar-refractivity contribution in [3.8, 4) is 11.8 Å². The molecule has 0 amide bonds. The lowest BCUT2D eigenvalue weighted by atomic mass is 10.2. The van der Waals surface area contributed by atoms with Gasteiger partial charge >= 0.3 is 23.5 Å². The normalized spacial score (nSPS) is 21.2. The van der Waals surface area contributed by atoms with Crippen LogP contribution >= 0.6 is 45.1 Å². The van der Waals surface area contributed by atoms with E-state index in [1.165, 1.54) is 17.1 Å². The second kappa shape index (κ2) is 16.6. The van der Waals surface area contributed by atoms with E-state index in [0.29, 0.717) is 29.1 Å². The monoisotopic (exact) mass is 748 g/mol. The molecule has 1 aliphatic heterocycles. The number of rotatable bonds is 17. The summed E-state index contributed by atoms with van der Waals surface area (Å²) in [5, 5.41) is 3.70. The van der Waals surface area contributed by atoms with Crippen molar-refractivity contribution in [2.24, 2.45) is 10.8 Å². The number of anilines is 1. The quantitative estimate of drug-likeness (QED) is 0.0198. The van der Waals surface area contributed by atoms with Crippen LogP contribution in [-0.4, -0.2) is 83.5 Å². The molecule has 1 saturated heterocycles. The van der Waals surface area contributed by atoms with Gasteiger partial charge < -0.3 is 49.8 Å². The van der Waals surface area contributed by atoms with Crippen LogP contribution < -0.4 is 11.5 Å². The molecule has 0 aliphatic carbocycles. The van der Waals surface area contributed by atoms with Crippen LogP contribution in [0.1, 0.15) is 32.1 Å². The van der Waals surface area contributed by atoms with Gasteiger partial charge in [-0.3, -0.25) is 4.52 Å². The summed E-state index contributed by atoms with van der Waals surface area (Å²) in [6, 6.07) is 0. The second-order valence-electron chi connectivity index (χ2n) is 9.66. The molecule has 0 aromatic carbocycles. The molecule has 3 heterocycles. The van der Waals surface area contributed by atoms with Crippen LogP contribution in [0.2, 0.25) is 0 Å². The standard InChI is InChI=1S/C20H31N8O13P3S2/c1-20(2,9-21)46-45-12-36-5-3-4-13-7-28(19-17(13)18(22)24-10-25-19)16-6-14(37-11-26-27-23)15(39-16)8-38-43(32,33)41-44(34,35)40-42(29,30)31/h7,10,14-16H,5-6,8-9,11-12,21H2,1-2H3,(H,32,33)(H,34,35)(H2,22,24,25)(H2,29,30,31)/t14?,15-,16-/m1/s1. The van der Waals surface area contributed by atoms with E-state index in [2.05, 4.69) is 40.5 Å². The summed E-state index contributed by atoms with van der Waals surface area (Å²) in [5.74, 6) is 6.39. The molecule has 256 valence electrons. The molecular formula is C20H31N8O13P3S2. The summed E-state index contributed by atoms with van der Waals surface area (Å²) >= 11 is 0. The van der Waals surface area contributed by atoms with Crippen LogP contribution in [0.3, 0.4) is 0 Å². The van der Waals surface area contributed by atoms with E-state index in [1.807, 2.05) is 13.8 Å². The Hall–Kier alpha value is -1.76. The van der Waals surface area contributed by atoms with Crippen LogP contribution in [0.15, 0.2) is 17.6 Å². The first-order valence-corrected chi connectivity index (χ1v) is 19.5. The lowest BCUT2D eigenvalue weighted by Gasteiger charge is -2.21.